The van der Waals surface area contributed by atoms with Gasteiger partial charge in [-0.1, -0.05) is 0 Å². The van der Waals surface area contributed by atoms with Gasteiger partial charge in [-0.25, -0.2) is 9.97 Å². The Balaban J connectivity index is 2.02. The molecule has 0 bridgehead atoms. The van der Waals surface area contributed by atoms with Crippen LogP contribution in [-0.2, 0) is 6.54 Å². The van der Waals surface area contributed by atoms with Crippen LogP contribution < -0.4 is 5.32 Å². The zero-order valence-electron chi connectivity index (χ0n) is 8.77. The summed E-state index contributed by atoms with van der Waals surface area (Å²) in [5, 5.41) is 11.8. The van der Waals surface area contributed by atoms with E-state index < -0.39 is 0 Å². The largest absolute Gasteiger partial charge is 0.349 e. The minimum Gasteiger partial charge on any atom is -0.349 e. The lowest BCUT2D eigenvalue weighted by atomic mass is 10.4. The summed E-state index contributed by atoms with van der Waals surface area (Å²) in [6.45, 7) is 2.76. The monoisotopic (exact) mass is 230 g/mol. The number of aryl methyl sites for hydroxylation is 1. The zero-order chi connectivity index (χ0) is 11.4. The Hall–Kier alpha value is -1.93. The van der Waals surface area contributed by atoms with Crippen molar-refractivity contribution in [1.29, 1.82) is 5.26 Å². The smallest absolute Gasteiger partial charge is 0.224 e. The van der Waals surface area contributed by atoms with Gasteiger partial charge in [0.15, 0.2) is 0 Å². The molecule has 0 atom stereocenters. The maximum absolute atomic E-state index is 8.68. The molecule has 0 aliphatic heterocycles. The molecule has 5 heteroatoms. The van der Waals surface area contributed by atoms with Crippen LogP contribution in [0.4, 0.5) is 5.95 Å². The van der Waals surface area contributed by atoms with Gasteiger partial charge in [0.1, 0.15) is 11.8 Å². The Morgan fingerprint density at radius 2 is 2.31 bits per heavy atom. The van der Waals surface area contributed by atoms with Gasteiger partial charge in [0.25, 0.3) is 0 Å². The zero-order valence-corrected chi connectivity index (χ0v) is 9.58. The summed E-state index contributed by atoms with van der Waals surface area (Å²) in [5.41, 5.74) is 0.375. The first-order valence-corrected chi connectivity index (χ1v) is 5.62. The minimum absolute atomic E-state index is 0.375. The second-order valence-electron chi connectivity index (χ2n) is 3.24. The lowest BCUT2D eigenvalue weighted by Gasteiger charge is -2.01. The molecule has 0 aliphatic carbocycles. The molecule has 0 saturated heterocycles. The van der Waals surface area contributed by atoms with E-state index in [9.17, 15) is 0 Å². The normalized spacial score (nSPS) is 9.75. The summed E-state index contributed by atoms with van der Waals surface area (Å²) < 4.78 is 0. The van der Waals surface area contributed by atoms with Crippen molar-refractivity contribution in [2.75, 3.05) is 5.32 Å². The third kappa shape index (κ3) is 2.55. The number of nitrogens with one attached hydrogen (secondary N) is 1. The fourth-order valence-corrected chi connectivity index (χ4v) is 2.08. The van der Waals surface area contributed by atoms with Gasteiger partial charge in [0.05, 0.1) is 6.54 Å². The molecule has 0 spiro atoms. The van der Waals surface area contributed by atoms with Crippen molar-refractivity contribution in [3.05, 3.63) is 39.8 Å². The Kier molecular flexibility index (Phi) is 3.13. The Bertz CT molecular complexity index is 527. The van der Waals surface area contributed by atoms with E-state index in [1.165, 1.54) is 9.75 Å². The molecular weight excluding hydrogens is 220 g/mol. The quantitative estimate of drug-likeness (QED) is 0.879. The SMILES string of the molecule is Cc1ccc(CNc2nccc(C#N)n2)s1. The molecule has 0 aromatic carbocycles. The van der Waals surface area contributed by atoms with E-state index in [-0.39, 0.29) is 0 Å². The second-order valence-corrected chi connectivity index (χ2v) is 4.62. The standard InChI is InChI=1S/C11H10N4S/c1-8-2-3-10(16-8)7-14-11-13-5-4-9(6-12)15-11/h2-5H,7H2,1H3,(H,13,14,15). The molecule has 0 aliphatic rings. The number of nitriles is 1. The van der Waals surface area contributed by atoms with Crippen LogP contribution in [0.15, 0.2) is 24.4 Å². The van der Waals surface area contributed by atoms with E-state index in [4.69, 9.17) is 5.26 Å². The third-order valence-corrected chi connectivity index (χ3v) is 2.99. The molecular formula is C11H10N4S. The van der Waals surface area contributed by atoms with Gasteiger partial charge in [-0.2, -0.15) is 5.26 Å². The van der Waals surface area contributed by atoms with Crippen LogP contribution in [0.1, 0.15) is 15.4 Å². The summed E-state index contributed by atoms with van der Waals surface area (Å²) in [7, 11) is 0. The van der Waals surface area contributed by atoms with Crippen molar-refractivity contribution >= 4 is 17.3 Å². The maximum atomic E-state index is 8.68. The van der Waals surface area contributed by atoms with E-state index in [0.29, 0.717) is 18.2 Å². The number of nitrogens with zero attached hydrogens (tertiary/aromatic N) is 3. The first kappa shape index (κ1) is 10.6. The lowest BCUT2D eigenvalue weighted by molar-refractivity contribution is 1.06. The molecule has 2 rings (SSSR count). The van der Waals surface area contributed by atoms with Crippen LogP contribution in [0, 0.1) is 18.3 Å². The van der Waals surface area contributed by atoms with Crippen molar-refractivity contribution in [2.24, 2.45) is 0 Å². The molecule has 16 heavy (non-hydrogen) atoms. The minimum atomic E-state index is 0.375. The van der Waals surface area contributed by atoms with Crippen LogP contribution in [0.3, 0.4) is 0 Å². The number of anilines is 1. The number of aromatic nitrogens is 2. The number of rotatable bonds is 3. The van der Waals surface area contributed by atoms with E-state index in [1.54, 1.807) is 23.6 Å². The second kappa shape index (κ2) is 4.73. The number of hydrogen-bond acceptors (Lipinski definition) is 5. The summed E-state index contributed by atoms with van der Waals surface area (Å²) in [5.74, 6) is 0.491. The molecule has 1 N–H and O–H groups in total. The van der Waals surface area contributed by atoms with Gasteiger partial charge in [-0.05, 0) is 25.1 Å². The lowest BCUT2D eigenvalue weighted by Crippen LogP contribution is -2.02. The highest BCUT2D eigenvalue weighted by Gasteiger charge is 2.00. The highest BCUT2D eigenvalue weighted by atomic mass is 32.1. The van der Waals surface area contributed by atoms with Crippen LogP contribution in [0.25, 0.3) is 0 Å². The van der Waals surface area contributed by atoms with Crippen molar-refractivity contribution in [3.63, 3.8) is 0 Å². The van der Waals surface area contributed by atoms with Crippen molar-refractivity contribution < 1.29 is 0 Å². The first-order chi connectivity index (χ1) is 7.78. The molecule has 2 aromatic heterocycles. The summed E-state index contributed by atoms with van der Waals surface area (Å²) in [6, 6.07) is 7.71. The molecule has 0 unspecified atom stereocenters. The van der Waals surface area contributed by atoms with Crippen LogP contribution in [0.2, 0.25) is 0 Å². The van der Waals surface area contributed by atoms with E-state index in [2.05, 4.69) is 34.3 Å². The van der Waals surface area contributed by atoms with Crippen molar-refractivity contribution in [2.45, 2.75) is 13.5 Å². The summed E-state index contributed by atoms with van der Waals surface area (Å²) in [4.78, 5) is 10.6. The summed E-state index contributed by atoms with van der Waals surface area (Å²) >= 11 is 1.73. The average molecular weight is 230 g/mol. The predicted molar refractivity (Wildman–Crippen MR) is 63.1 cm³/mol. The van der Waals surface area contributed by atoms with Gasteiger partial charge in [-0.3, -0.25) is 0 Å². The fraction of sp³-hybridized carbons (Fsp3) is 0.182. The molecule has 0 saturated carbocycles. The Morgan fingerprint density at radius 1 is 1.44 bits per heavy atom. The molecule has 0 amide bonds. The molecule has 2 heterocycles. The molecule has 80 valence electrons. The first-order valence-electron chi connectivity index (χ1n) is 4.80. The van der Waals surface area contributed by atoms with Crippen LogP contribution in [-0.4, -0.2) is 9.97 Å². The molecule has 4 nitrogen and oxygen atoms in total. The van der Waals surface area contributed by atoms with Crippen LogP contribution in [0.5, 0.6) is 0 Å². The number of hydrogen-bond donors (Lipinski definition) is 1. The van der Waals surface area contributed by atoms with Gasteiger partial charge in [-0.15, -0.1) is 11.3 Å². The highest BCUT2D eigenvalue weighted by molar-refractivity contribution is 7.11. The van der Waals surface area contributed by atoms with E-state index >= 15 is 0 Å². The number of thiophene rings is 1. The van der Waals surface area contributed by atoms with Gasteiger partial charge < -0.3 is 5.32 Å². The average Bonchev–Trinajstić information content (AvgIpc) is 2.73. The molecule has 0 radical (unpaired) electrons. The molecule has 0 fully saturated rings. The van der Waals surface area contributed by atoms with E-state index in [1.807, 2.05) is 6.07 Å². The third-order valence-electron chi connectivity index (χ3n) is 1.99. The Labute approximate surface area is 97.6 Å². The van der Waals surface area contributed by atoms with Crippen molar-refractivity contribution in [3.8, 4) is 6.07 Å². The van der Waals surface area contributed by atoms with Crippen molar-refractivity contribution in [1.82, 2.24) is 9.97 Å². The summed E-state index contributed by atoms with van der Waals surface area (Å²) in [6.07, 6.45) is 1.58. The van der Waals surface area contributed by atoms with Crippen LogP contribution >= 0.6 is 11.3 Å². The van der Waals surface area contributed by atoms with Gasteiger partial charge in [0, 0.05) is 16.0 Å². The van der Waals surface area contributed by atoms with Gasteiger partial charge in [0.2, 0.25) is 5.95 Å². The van der Waals surface area contributed by atoms with E-state index in [0.717, 1.165) is 0 Å². The van der Waals surface area contributed by atoms with Gasteiger partial charge >= 0.3 is 0 Å². The topological polar surface area (TPSA) is 61.6 Å². The molecule has 2 aromatic rings. The predicted octanol–water partition coefficient (Wildman–Crippen LogP) is 2.33. The Morgan fingerprint density at radius 3 is 3.00 bits per heavy atom. The highest BCUT2D eigenvalue weighted by Crippen LogP contribution is 2.15. The fourth-order valence-electron chi connectivity index (χ4n) is 1.25. The maximum Gasteiger partial charge on any atom is 0.224 e.